The number of thiocarbonyl (C=S) groups is 1. The molecular formula is C14H10Cl2N2O2S. The first-order chi connectivity index (χ1) is 9.88. The minimum atomic E-state index is -0.522. The average Bonchev–Trinajstić information content (AvgIpc) is 2.40. The van der Waals surface area contributed by atoms with E-state index in [-0.39, 0.29) is 16.3 Å². The summed E-state index contributed by atoms with van der Waals surface area (Å²) in [7, 11) is 0. The summed E-state index contributed by atoms with van der Waals surface area (Å²) in [6.45, 7) is 0. The molecule has 0 bridgehead atoms. The predicted molar refractivity (Wildman–Crippen MR) is 88.4 cm³/mol. The van der Waals surface area contributed by atoms with E-state index in [2.05, 4.69) is 5.32 Å². The van der Waals surface area contributed by atoms with E-state index in [1.165, 1.54) is 18.2 Å². The maximum Gasteiger partial charge on any atom is 0.259 e. The minimum absolute atomic E-state index is 0.0798. The number of rotatable bonds is 3. The summed E-state index contributed by atoms with van der Waals surface area (Å²) >= 11 is 16.6. The van der Waals surface area contributed by atoms with Crippen molar-refractivity contribution in [2.75, 3.05) is 5.32 Å². The Morgan fingerprint density at radius 2 is 1.90 bits per heavy atom. The number of anilines is 1. The standard InChI is InChI=1S/C14H10Cl2N2O2S/c15-8-2-3-9(12(19)6-8)14(20)18-11-5-7(13(17)21)1-4-10(11)16/h1-6,19H,(H2,17,21)(H,18,20). The SMILES string of the molecule is NC(=S)c1ccc(Cl)c(NC(=O)c2ccc(Cl)cc2O)c1. The van der Waals surface area contributed by atoms with Gasteiger partial charge in [-0.2, -0.15) is 0 Å². The minimum Gasteiger partial charge on any atom is -0.507 e. The van der Waals surface area contributed by atoms with Gasteiger partial charge in [0, 0.05) is 10.6 Å². The van der Waals surface area contributed by atoms with Crippen molar-refractivity contribution >= 4 is 52.0 Å². The van der Waals surface area contributed by atoms with Crippen molar-refractivity contribution in [1.29, 1.82) is 0 Å². The highest BCUT2D eigenvalue weighted by molar-refractivity contribution is 7.80. The molecule has 0 unspecified atom stereocenters. The average molecular weight is 341 g/mol. The van der Waals surface area contributed by atoms with Crippen molar-refractivity contribution in [3.63, 3.8) is 0 Å². The molecule has 1 amide bonds. The fraction of sp³-hybridized carbons (Fsp3) is 0. The molecule has 0 spiro atoms. The van der Waals surface area contributed by atoms with Gasteiger partial charge in [-0.05, 0) is 30.3 Å². The smallest absolute Gasteiger partial charge is 0.259 e. The Balaban J connectivity index is 2.31. The second kappa shape index (κ2) is 6.30. The molecule has 0 aromatic heterocycles. The third-order valence-corrected chi connectivity index (χ3v) is 3.50. The molecule has 0 heterocycles. The molecule has 0 radical (unpaired) electrons. The Morgan fingerprint density at radius 3 is 2.52 bits per heavy atom. The number of hydrogen-bond acceptors (Lipinski definition) is 3. The lowest BCUT2D eigenvalue weighted by Gasteiger charge is -2.10. The van der Waals surface area contributed by atoms with Crippen molar-refractivity contribution in [2.45, 2.75) is 0 Å². The van der Waals surface area contributed by atoms with Gasteiger partial charge in [-0.1, -0.05) is 41.5 Å². The Labute approximate surface area is 136 Å². The zero-order valence-corrected chi connectivity index (χ0v) is 12.9. The monoisotopic (exact) mass is 340 g/mol. The normalized spacial score (nSPS) is 10.2. The molecule has 2 rings (SSSR count). The van der Waals surface area contributed by atoms with Crippen LogP contribution in [-0.4, -0.2) is 16.0 Å². The molecule has 0 atom stereocenters. The molecule has 0 aliphatic carbocycles. The van der Waals surface area contributed by atoms with Gasteiger partial charge in [-0.3, -0.25) is 4.79 Å². The first kappa shape index (κ1) is 15.6. The van der Waals surface area contributed by atoms with Gasteiger partial charge >= 0.3 is 0 Å². The number of hydrogen-bond donors (Lipinski definition) is 3. The number of amides is 1. The second-order valence-electron chi connectivity index (χ2n) is 4.17. The van der Waals surface area contributed by atoms with Crippen LogP contribution in [0.1, 0.15) is 15.9 Å². The zero-order chi connectivity index (χ0) is 15.6. The summed E-state index contributed by atoms with van der Waals surface area (Å²) in [6, 6.07) is 8.99. The van der Waals surface area contributed by atoms with Gasteiger partial charge in [-0.25, -0.2) is 0 Å². The number of carbonyl (C=O) groups is 1. The molecule has 0 fully saturated rings. The van der Waals surface area contributed by atoms with Crippen LogP contribution in [0, 0.1) is 0 Å². The van der Waals surface area contributed by atoms with E-state index in [1.807, 2.05) is 0 Å². The highest BCUT2D eigenvalue weighted by atomic mass is 35.5. The Hall–Kier alpha value is -1.82. The van der Waals surface area contributed by atoms with Crippen LogP contribution in [0.3, 0.4) is 0 Å². The van der Waals surface area contributed by atoms with Gasteiger partial charge in [0.05, 0.1) is 16.3 Å². The molecule has 0 saturated carbocycles. The first-order valence-electron chi connectivity index (χ1n) is 5.77. The summed E-state index contributed by atoms with van der Waals surface area (Å²) in [6.07, 6.45) is 0. The molecule has 0 saturated heterocycles. The number of phenols is 1. The van der Waals surface area contributed by atoms with Gasteiger partial charge in [0.25, 0.3) is 5.91 Å². The van der Waals surface area contributed by atoms with Crippen molar-refractivity contribution in [3.8, 4) is 5.75 Å². The predicted octanol–water partition coefficient (Wildman–Crippen LogP) is 3.59. The van der Waals surface area contributed by atoms with E-state index in [0.717, 1.165) is 0 Å². The summed E-state index contributed by atoms with van der Waals surface area (Å²) in [4.78, 5) is 12.3. The maximum absolute atomic E-state index is 12.1. The number of halogens is 2. The highest BCUT2D eigenvalue weighted by Crippen LogP contribution is 2.26. The van der Waals surface area contributed by atoms with Gasteiger partial charge in [0.15, 0.2) is 0 Å². The number of aromatic hydroxyl groups is 1. The molecule has 21 heavy (non-hydrogen) atoms. The van der Waals surface area contributed by atoms with Crippen molar-refractivity contribution in [1.82, 2.24) is 0 Å². The quantitative estimate of drug-likeness (QED) is 0.746. The van der Waals surface area contributed by atoms with E-state index in [9.17, 15) is 9.90 Å². The van der Waals surface area contributed by atoms with Crippen LogP contribution in [0.25, 0.3) is 0 Å². The summed E-state index contributed by atoms with van der Waals surface area (Å²) in [5, 5.41) is 13.0. The number of nitrogens with one attached hydrogen (secondary N) is 1. The second-order valence-corrected chi connectivity index (χ2v) is 5.46. The van der Waals surface area contributed by atoms with Crippen LogP contribution in [0.15, 0.2) is 36.4 Å². The van der Waals surface area contributed by atoms with E-state index < -0.39 is 5.91 Å². The molecule has 0 aliphatic rings. The zero-order valence-electron chi connectivity index (χ0n) is 10.6. The number of nitrogens with two attached hydrogens (primary N) is 1. The van der Waals surface area contributed by atoms with Gasteiger partial charge in [0.1, 0.15) is 10.7 Å². The van der Waals surface area contributed by atoms with Gasteiger partial charge in [-0.15, -0.1) is 0 Å². The molecule has 0 aliphatic heterocycles. The van der Waals surface area contributed by atoms with E-state index in [4.69, 9.17) is 41.2 Å². The van der Waals surface area contributed by atoms with Crippen LogP contribution in [0.2, 0.25) is 10.0 Å². The lowest BCUT2D eigenvalue weighted by atomic mass is 10.1. The molecule has 108 valence electrons. The van der Waals surface area contributed by atoms with Gasteiger partial charge in [0.2, 0.25) is 0 Å². The largest absolute Gasteiger partial charge is 0.507 e. The van der Waals surface area contributed by atoms with Crippen LogP contribution < -0.4 is 11.1 Å². The van der Waals surface area contributed by atoms with Crippen molar-refractivity contribution in [3.05, 3.63) is 57.6 Å². The molecule has 7 heteroatoms. The topological polar surface area (TPSA) is 75.3 Å². The molecular weight excluding hydrogens is 331 g/mol. The first-order valence-corrected chi connectivity index (χ1v) is 6.94. The fourth-order valence-corrected chi connectivity index (χ4v) is 2.12. The summed E-state index contributed by atoms with van der Waals surface area (Å²) < 4.78 is 0. The van der Waals surface area contributed by atoms with Gasteiger partial charge < -0.3 is 16.2 Å². The summed E-state index contributed by atoms with van der Waals surface area (Å²) in [5.41, 5.74) is 6.54. The Morgan fingerprint density at radius 1 is 1.19 bits per heavy atom. The number of benzene rings is 2. The number of phenolic OH excluding ortho intramolecular Hbond substituents is 1. The highest BCUT2D eigenvalue weighted by Gasteiger charge is 2.14. The lowest BCUT2D eigenvalue weighted by Crippen LogP contribution is -2.14. The van der Waals surface area contributed by atoms with Crippen LogP contribution in [-0.2, 0) is 0 Å². The molecule has 4 N–H and O–H groups in total. The number of carbonyl (C=O) groups excluding carboxylic acids is 1. The molecule has 2 aromatic rings. The van der Waals surface area contributed by atoms with Crippen molar-refractivity contribution in [2.24, 2.45) is 5.73 Å². The van der Waals surface area contributed by atoms with E-state index in [0.29, 0.717) is 21.3 Å². The molecule has 4 nitrogen and oxygen atoms in total. The van der Waals surface area contributed by atoms with E-state index >= 15 is 0 Å². The maximum atomic E-state index is 12.1. The van der Waals surface area contributed by atoms with Crippen LogP contribution in [0.4, 0.5) is 5.69 Å². The van der Waals surface area contributed by atoms with Crippen LogP contribution >= 0.6 is 35.4 Å². The third-order valence-electron chi connectivity index (χ3n) is 2.70. The Bertz CT molecular complexity index is 735. The summed E-state index contributed by atoms with van der Waals surface area (Å²) in [5.74, 6) is -0.743. The molecule has 2 aromatic carbocycles. The van der Waals surface area contributed by atoms with Crippen LogP contribution in [0.5, 0.6) is 5.75 Å². The third kappa shape index (κ3) is 3.64. The van der Waals surface area contributed by atoms with Crippen molar-refractivity contribution < 1.29 is 9.90 Å². The fourth-order valence-electron chi connectivity index (χ4n) is 1.66. The van der Waals surface area contributed by atoms with E-state index in [1.54, 1.807) is 18.2 Å². The lowest BCUT2D eigenvalue weighted by molar-refractivity contribution is 0.102. The Kier molecular flexibility index (Phi) is 4.67.